The number of nitrogens with two attached hydrogens (primary N) is 1. The third-order valence-corrected chi connectivity index (χ3v) is 3.55. The third kappa shape index (κ3) is 1.83. The Kier molecular flexibility index (Phi) is 2.87. The summed E-state index contributed by atoms with van der Waals surface area (Å²) in [6.45, 7) is 7.32. The van der Waals surface area contributed by atoms with Crippen LogP contribution in [-0.4, -0.2) is 6.54 Å². The molecule has 15 heavy (non-hydrogen) atoms. The smallest absolute Gasteiger partial charge is 0.110 e. The maximum atomic E-state index is 5.97. The van der Waals surface area contributed by atoms with Crippen molar-refractivity contribution in [3.8, 4) is 0 Å². The number of hydrogen-bond acceptors (Lipinski definition) is 2. The molecule has 0 bridgehead atoms. The van der Waals surface area contributed by atoms with Gasteiger partial charge in [-0.15, -0.1) is 0 Å². The van der Waals surface area contributed by atoms with E-state index in [0.717, 1.165) is 12.3 Å². The summed E-state index contributed by atoms with van der Waals surface area (Å²) in [6.07, 6.45) is 2.38. The molecule has 1 aromatic heterocycles. The molecule has 1 aliphatic rings. The van der Waals surface area contributed by atoms with E-state index in [2.05, 4.69) is 26.8 Å². The van der Waals surface area contributed by atoms with Crippen molar-refractivity contribution in [2.45, 2.75) is 45.4 Å². The molecule has 0 saturated heterocycles. The van der Waals surface area contributed by atoms with Gasteiger partial charge in [-0.05, 0) is 36.9 Å². The lowest BCUT2D eigenvalue weighted by atomic mass is 9.93. The van der Waals surface area contributed by atoms with Crippen LogP contribution in [0.5, 0.6) is 0 Å². The summed E-state index contributed by atoms with van der Waals surface area (Å²) in [7, 11) is 0. The molecule has 2 N–H and O–H groups in total. The minimum Gasteiger partial charge on any atom is -0.465 e. The quantitative estimate of drug-likeness (QED) is 0.827. The first-order valence-electron chi connectivity index (χ1n) is 5.96. The molecule has 0 amide bonds. The summed E-state index contributed by atoms with van der Waals surface area (Å²) in [5.74, 6) is 3.94. The lowest BCUT2D eigenvalue weighted by Crippen LogP contribution is -2.17. The normalized spacial score (nSPS) is 22.1. The Morgan fingerprint density at radius 2 is 2.20 bits per heavy atom. The molecule has 0 aliphatic heterocycles. The Morgan fingerprint density at radius 1 is 1.47 bits per heavy atom. The van der Waals surface area contributed by atoms with Gasteiger partial charge in [-0.25, -0.2) is 0 Å². The fourth-order valence-electron chi connectivity index (χ4n) is 2.41. The zero-order chi connectivity index (χ0) is 11.0. The van der Waals surface area contributed by atoms with Crippen molar-refractivity contribution in [2.24, 2.45) is 11.7 Å². The minimum absolute atomic E-state index is 0.490. The van der Waals surface area contributed by atoms with Crippen LogP contribution in [-0.2, 0) is 6.42 Å². The molecule has 0 fully saturated rings. The average Bonchev–Trinajstić information content (AvgIpc) is 2.74. The van der Waals surface area contributed by atoms with Gasteiger partial charge in [-0.3, -0.25) is 0 Å². The molecule has 2 heteroatoms. The van der Waals surface area contributed by atoms with Crippen LogP contribution in [0.25, 0.3) is 0 Å². The van der Waals surface area contributed by atoms with Gasteiger partial charge in [0.05, 0.1) is 0 Å². The van der Waals surface area contributed by atoms with Crippen molar-refractivity contribution in [3.63, 3.8) is 0 Å². The van der Waals surface area contributed by atoms with Gasteiger partial charge in [0.2, 0.25) is 0 Å². The van der Waals surface area contributed by atoms with Crippen molar-refractivity contribution >= 4 is 0 Å². The lowest BCUT2D eigenvalue weighted by Gasteiger charge is -2.16. The first-order chi connectivity index (χ1) is 7.13. The van der Waals surface area contributed by atoms with E-state index in [0.29, 0.717) is 17.8 Å². The topological polar surface area (TPSA) is 39.2 Å². The fourth-order valence-corrected chi connectivity index (χ4v) is 2.41. The van der Waals surface area contributed by atoms with Gasteiger partial charge in [0.15, 0.2) is 0 Å². The lowest BCUT2D eigenvalue weighted by molar-refractivity contribution is 0.365. The molecule has 0 radical (unpaired) electrons. The summed E-state index contributed by atoms with van der Waals surface area (Å²) in [5.41, 5.74) is 7.15. The van der Waals surface area contributed by atoms with Crippen molar-refractivity contribution in [3.05, 3.63) is 23.2 Å². The summed E-state index contributed by atoms with van der Waals surface area (Å²) < 4.78 is 5.97. The van der Waals surface area contributed by atoms with E-state index in [1.54, 1.807) is 0 Å². The predicted molar refractivity (Wildman–Crippen MR) is 62.1 cm³/mol. The zero-order valence-corrected chi connectivity index (χ0v) is 9.92. The maximum absolute atomic E-state index is 5.97. The number of fused-ring (bicyclic) bond motifs is 1. The number of aryl methyl sites for hydroxylation is 1. The van der Waals surface area contributed by atoms with Crippen LogP contribution in [0.3, 0.4) is 0 Å². The van der Waals surface area contributed by atoms with E-state index in [9.17, 15) is 0 Å². The monoisotopic (exact) mass is 207 g/mol. The molecule has 0 spiro atoms. The number of rotatable bonds is 3. The Balaban J connectivity index is 2.25. The van der Waals surface area contributed by atoms with E-state index in [-0.39, 0.29) is 0 Å². The maximum Gasteiger partial charge on any atom is 0.110 e. The van der Waals surface area contributed by atoms with Crippen LogP contribution < -0.4 is 5.73 Å². The first kappa shape index (κ1) is 10.7. The van der Waals surface area contributed by atoms with Crippen LogP contribution in [0.1, 0.15) is 56.1 Å². The van der Waals surface area contributed by atoms with Gasteiger partial charge in [0, 0.05) is 11.8 Å². The van der Waals surface area contributed by atoms with E-state index >= 15 is 0 Å². The van der Waals surface area contributed by atoms with Crippen LogP contribution in [0.2, 0.25) is 0 Å². The highest BCUT2D eigenvalue weighted by molar-refractivity contribution is 5.31. The average molecular weight is 207 g/mol. The summed E-state index contributed by atoms with van der Waals surface area (Å²) >= 11 is 0. The van der Waals surface area contributed by atoms with E-state index in [1.165, 1.54) is 24.2 Å². The van der Waals surface area contributed by atoms with Crippen LogP contribution in [0.15, 0.2) is 10.5 Å². The molecule has 0 saturated carbocycles. The molecule has 84 valence electrons. The Labute approximate surface area is 91.8 Å². The second kappa shape index (κ2) is 4.01. The first-order valence-corrected chi connectivity index (χ1v) is 5.96. The molecular weight excluding hydrogens is 186 g/mol. The second-order valence-electron chi connectivity index (χ2n) is 5.05. The van der Waals surface area contributed by atoms with E-state index in [1.807, 2.05) is 0 Å². The van der Waals surface area contributed by atoms with Gasteiger partial charge < -0.3 is 10.2 Å². The van der Waals surface area contributed by atoms with Gasteiger partial charge in [0.1, 0.15) is 11.5 Å². The summed E-state index contributed by atoms with van der Waals surface area (Å²) in [4.78, 5) is 0. The highest BCUT2D eigenvalue weighted by Crippen LogP contribution is 2.40. The van der Waals surface area contributed by atoms with Crippen molar-refractivity contribution < 1.29 is 4.42 Å². The summed E-state index contributed by atoms with van der Waals surface area (Å²) in [5, 5.41) is 0. The Morgan fingerprint density at radius 3 is 2.80 bits per heavy atom. The van der Waals surface area contributed by atoms with Crippen molar-refractivity contribution in [1.82, 2.24) is 0 Å². The van der Waals surface area contributed by atoms with Crippen LogP contribution in [0.4, 0.5) is 0 Å². The molecule has 2 rings (SSSR count). The predicted octanol–water partition coefficient (Wildman–Crippen LogP) is 3.03. The molecule has 2 unspecified atom stereocenters. The van der Waals surface area contributed by atoms with Gasteiger partial charge in [-0.2, -0.15) is 0 Å². The number of furan rings is 1. The van der Waals surface area contributed by atoms with Crippen LogP contribution in [0, 0.1) is 5.92 Å². The van der Waals surface area contributed by atoms with Crippen molar-refractivity contribution in [1.29, 1.82) is 0 Å². The SMILES string of the molecule is CC(C)c1cc2c(o1)C(C(C)CN)CC2. The molecule has 1 aliphatic carbocycles. The fraction of sp³-hybridized carbons (Fsp3) is 0.692. The third-order valence-electron chi connectivity index (χ3n) is 3.55. The van der Waals surface area contributed by atoms with Gasteiger partial charge in [0.25, 0.3) is 0 Å². The molecule has 2 atom stereocenters. The van der Waals surface area contributed by atoms with Gasteiger partial charge >= 0.3 is 0 Å². The second-order valence-corrected chi connectivity index (χ2v) is 5.05. The van der Waals surface area contributed by atoms with E-state index in [4.69, 9.17) is 10.2 Å². The summed E-state index contributed by atoms with van der Waals surface area (Å²) in [6, 6.07) is 2.24. The molecule has 1 heterocycles. The van der Waals surface area contributed by atoms with Crippen LogP contribution >= 0.6 is 0 Å². The number of hydrogen-bond donors (Lipinski definition) is 1. The standard InChI is InChI=1S/C13H21NO/c1-8(2)12-6-10-4-5-11(9(3)7-14)13(10)15-12/h6,8-9,11H,4-5,7,14H2,1-3H3. The highest BCUT2D eigenvalue weighted by atomic mass is 16.3. The molecule has 1 aromatic rings. The Hall–Kier alpha value is -0.760. The molecular formula is C13H21NO. The zero-order valence-electron chi connectivity index (χ0n) is 9.92. The van der Waals surface area contributed by atoms with E-state index < -0.39 is 0 Å². The van der Waals surface area contributed by atoms with Crippen molar-refractivity contribution in [2.75, 3.05) is 6.54 Å². The largest absolute Gasteiger partial charge is 0.465 e. The Bertz CT molecular complexity index is 340. The highest BCUT2D eigenvalue weighted by Gasteiger charge is 2.31. The molecule has 0 aromatic carbocycles. The van der Waals surface area contributed by atoms with Gasteiger partial charge in [-0.1, -0.05) is 20.8 Å². The minimum atomic E-state index is 0.490. The molecule has 2 nitrogen and oxygen atoms in total.